The molecule has 0 radical (unpaired) electrons. The molecule has 0 aromatic carbocycles. The SMILES string of the molecule is CC(C)CNCCNS(=O)(=O)c1cccs1. The third kappa shape index (κ3) is 4.61. The summed E-state index contributed by atoms with van der Waals surface area (Å²) in [5.41, 5.74) is 0. The fourth-order valence-electron chi connectivity index (χ4n) is 1.15. The Morgan fingerprint density at radius 1 is 1.38 bits per heavy atom. The zero-order chi connectivity index (χ0) is 12.0. The number of sulfonamides is 1. The van der Waals surface area contributed by atoms with Crippen LogP contribution in [0.2, 0.25) is 0 Å². The molecule has 4 nitrogen and oxygen atoms in total. The first kappa shape index (κ1) is 13.6. The molecule has 16 heavy (non-hydrogen) atoms. The second-order valence-corrected chi connectivity index (χ2v) is 6.87. The molecule has 0 unspecified atom stereocenters. The predicted octanol–water partition coefficient (Wildman–Crippen LogP) is 1.27. The number of hydrogen-bond acceptors (Lipinski definition) is 4. The van der Waals surface area contributed by atoms with Gasteiger partial charge in [-0.15, -0.1) is 11.3 Å². The molecule has 0 saturated carbocycles. The quantitative estimate of drug-likeness (QED) is 0.728. The molecule has 0 spiro atoms. The van der Waals surface area contributed by atoms with E-state index in [0.717, 1.165) is 6.54 Å². The Balaban J connectivity index is 2.28. The van der Waals surface area contributed by atoms with Crippen molar-refractivity contribution in [2.45, 2.75) is 18.1 Å². The molecule has 2 N–H and O–H groups in total. The van der Waals surface area contributed by atoms with Gasteiger partial charge in [-0.25, -0.2) is 13.1 Å². The Hall–Kier alpha value is -0.430. The first-order chi connectivity index (χ1) is 7.52. The summed E-state index contributed by atoms with van der Waals surface area (Å²) in [6.07, 6.45) is 0. The molecule has 92 valence electrons. The van der Waals surface area contributed by atoms with Gasteiger partial charge in [0.2, 0.25) is 10.0 Å². The van der Waals surface area contributed by atoms with E-state index < -0.39 is 10.0 Å². The van der Waals surface area contributed by atoms with E-state index in [2.05, 4.69) is 23.9 Å². The smallest absolute Gasteiger partial charge is 0.250 e. The molecular weight excluding hydrogens is 244 g/mol. The zero-order valence-corrected chi connectivity index (χ0v) is 11.2. The van der Waals surface area contributed by atoms with Crippen LogP contribution in [-0.2, 0) is 10.0 Å². The third-order valence-electron chi connectivity index (χ3n) is 1.91. The Morgan fingerprint density at radius 2 is 2.12 bits per heavy atom. The summed E-state index contributed by atoms with van der Waals surface area (Å²) in [6, 6.07) is 3.34. The van der Waals surface area contributed by atoms with Crippen LogP contribution in [-0.4, -0.2) is 28.1 Å². The lowest BCUT2D eigenvalue weighted by Crippen LogP contribution is -2.32. The van der Waals surface area contributed by atoms with Crippen molar-refractivity contribution in [2.24, 2.45) is 5.92 Å². The van der Waals surface area contributed by atoms with Crippen LogP contribution in [0, 0.1) is 5.92 Å². The van der Waals surface area contributed by atoms with Gasteiger partial charge in [-0.05, 0) is 23.9 Å². The van der Waals surface area contributed by atoms with Crippen molar-refractivity contribution in [1.29, 1.82) is 0 Å². The lowest BCUT2D eigenvalue weighted by Gasteiger charge is -2.08. The van der Waals surface area contributed by atoms with E-state index in [0.29, 0.717) is 23.2 Å². The van der Waals surface area contributed by atoms with Crippen LogP contribution in [0.3, 0.4) is 0 Å². The van der Waals surface area contributed by atoms with Crippen molar-refractivity contribution in [2.75, 3.05) is 19.6 Å². The van der Waals surface area contributed by atoms with Gasteiger partial charge in [-0.3, -0.25) is 0 Å². The van der Waals surface area contributed by atoms with Gasteiger partial charge in [0.25, 0.3) is 0 Å². The summed E-state index contributed by atoms with van der Waals surface area (Å²) in [6.45, 7) is 6.21. The maximum atomic E-state index is 11.7. The molecule has 0 amide bonds. The lowest BCUT2D eigenvalue weighted by molar-refractivity contribution is 0.544. The van der Waals surface area contributed by atoms with Crippen LogP contribution in [0.25, 0.3) is 0 Å². The minimum atomic E-state index is -3.29. The second kappa shape index (κ2) is 6.34. The first-order valence-corrected chi connectivity index (χ1v) is 7.62. The molecule has 0 bridgehead atoms. The summed E-state index contributed by atoms with van der Waals surface area (Å²) in [5, 5.41) is 4.93. The van der Waals surface area contributed by atoms with Gasteiger partial charge in [-0.2, -0.15) is 0 Å². The topological polar surface area (TPSA) is 58.2 Å². The largest absolute Gasteiger partial charge is 0.315 e. The van der Waals surface area contributed by atoms with Crippen LogP contribution in [0.5, 0.6) is 0 Å². The van der Waals surface area contributed by atoms with E-state index in [4.69, 9.17) is 0 Å². The monoisotopic (exact) mass is 262 g/mol. The van der Waals surface area contributed by atoms with Gasteiger partial charge >= 0.3 is 0 Å². The maximum Gasteiger partial charge on any atom is 0.250 e. The zero-order valence-electron chi connectivity index (χ0n) is 9.56. The van der Waals surface area contributed by atoms with Crippen molar-refractivity contribution in [3.8, 4) is 0 Å². The molecule has 0 aliphatic carbocycles. The number of nitrogens with one attached hydrogen (secondary N) is 2. The van der Waals surface area contributed by atoms with E-state index in [-0.39, 0.29) is 0 Å². The summed E-state index contributed by atoms with van der Waals surface area (Å²) in [5.74, 6) is 0.578. The molecule has 0 fully saturated rings. The van der Waals surface area contributed by atoms with Crippen LogP contribution < -0.4 is 10.0 Å². The molecule has 6 heteroatoms. The predicted molar refractivity (Wildman–Crippen MR) is 67.2 cm³/mol. The molecule has 1 rings (SSSR count). The van der Waals surface area contributed by atoms with Crippen LogP contribution in [0.1, 0.15) is 13.8 Å². The molecule has 1 heterocycles. The highest BCUT2D eigenvalue weighted by Gasteiger charge is 2.13. The minimum Gasteiger partial charge on any atom is -0.315 e. The fraction of sp³-hybridized carbons (Fsp3) is 0.600. The lowest BCUT2D eigenvalue weighted by atomic mass is 10.2. The molecular formula is C10H18N2O2S2. The second-order valence-electron chi connectivity index (χ2n) is 3.93. The first-order valence-electron chi connectivity index (χ1n) is 5.26. The molecule has 1 aromatic heterocycles. The Kier molecular flexibility index (Phi) is 5.40. The van der Waals surface area contributed by atoms with Crippen LogP contribution in [0.4, 0.5) is 0 Å². The molecule has 0 aliphatic heterocycles. The maximum absolute atomic E-state index is 11.7. The Morgan fingerprint density at radius 3 is 2.69 bits per heavy atom. The van der Waals surface area contributed by atoms with E-state index in [1.165, 1.54) is 11.3 Å². The number of thiophene rings is 1. The fourth-order valence-corrected chi connectivity index (χ4v) is 3.22. The molecule has 0 aliphatic rings. The highest BCUT2D eigenvalue weighted by molar-refractivity contribution is 7.91. The van der Waals surface area contributed by atoms with Crippen molar-refractivity contribution >= 4 is 21.4 Å². The average Bonchev–Trinajstić information content (AvgIpc) is 2.69. The molecule has 1 aromatic rings. The van der Waals surface area contributed by atoms with E-state index >= 15 is 0 Å². The third-order valence-corrected chi connectivity index (χ3v) is 4.76. The summed E-state index contributed by atoms with van der Waals surface area (Å²) in [7, 11) is -3.29. The van der Waals surface area contributed by atoms with Crippen molar-refractivity contribution in [1.82, 2.24) is 10.0 Å². The van der Waals surface area contributed by atoms with Gasteiger partial charge in [0.1, 0.15) is 4.21 Å². The average molecular weight is 262 g/mol. The van der Waals surface area contributed by atoms with Crippen molar-refractivity contribution in [3.05, 3.63) is 17.5 Å². The van der Waals surface area contributed by atoms with Crippen molar-refractivity contribution in [3.63, 3.8) is 0 Å². The van der Waals surface area contributed by atoms with Gasteiger partial charge in [0.15, 0.2) is 0 Å². The normalized spacial score (nSPS) is 12.2. The Labute approximate surface area is 101 Å². The van der Waals surface area contributed by atoms with E-state index in [1.807, 2.05) is 0 Å². The van der Waals surface area contributed by atoms with E-state index in [1.54, 1.807) is 17.5 Å². The van der Waals surface area contributed by atoms with Crippen molar-refractivity contribution < 1.29 is 8.42 Å². The van der Waals surface area contributed by atoms with Gasteiger partial charge in [-0.1, -0.05) is 19.9 Å². The van der Waals surface area contributed by atoms with E-state index in [9.17, 15) is 8.42 Å². The minimum absolute atomic E-state index is 0.372. The molecule has 0 atom stereocenters. The number of hydrogen-bond donors (Lipinski definition) is 2. The van der Waals surface area contributed by atoms with Crippen LogP contribution in [0.15, 0.2) is 21.7 Å². The summed E-state index contributed by atoms with van der Waals surface area (Å²) in [4.78, 5) is 0. The van der Waals surface area contributed by atoms with Gasteiger partial charge < -0.3 is 5.32 Å². The van der Waals surface area contributed by atoms with Gasteiger partial charge in [0.05, 0.1) is 0 Å². The molecule has 0 saturated heterocycles. The summed E-state index contributed by atoms with van der Waals surface area (Å²) < 4.78 is 26.3. The number of rotatable bonds is 7. The summed E-state index contributed by atoms with van der Waals surface area (Å²) >= 11 is 1.23. The van der Waals surface area contributed by atoms with Gasteiger partial charge in [0, 0.05) is 13.1 Å². The standard InChI is InChI=1S/C10H18N2O2S2/c1-9(2)8-11-5-6-12-16(13,14)10-4-3-7-15-10/h3-4,7,9,11-12H,5-6,8H2,1-2H3. The highest BCUT2D eigenvalue weighted by atomic mass is 32.2. The highest BCUT2D eigenvalue weighted by Crippen LogP contribution is 2.14. The Bertz CT molecular complexity index is 385. The van der Waals surface area contributed by atoms with Crippen LogP contribution >= 0.6 is 11.3 Å².